The first-order chi connectivity index (χ1) is 11.8. The summed E-state index contributed by atoms with van der Waals surface area (Å²) in [4.78, 5) is 27.3. The maximum Gasteiger partial charge on any atom is 0.408 e. The van der Waals surface area contributed by atoms with Gasteiger partial charge in [0.2, 0.25) is 0 Å². The van der Waals surface area contributed by atoms with Gasteiger partial charge in [0.05, 0.1) is 18.1 Å². The van der Waals surface area contributed by atoms with E-state index >= 15 is 0 Å². The second kappa shape index (κ2) is 10.9. The average Bonchev–Trinajstić information content (AvgIpc) is 2.95. The SMILES string of the molecule is CCCCCCCCn1cnc(CC(C=O)NC(=O)OC(C)(C)C)c1. The van der Waals surface area contributed by atoms with Gasteiger partial charge in [-0.15, -0.1) is 0 Å². The summed E-state index contributed by atoms with van der Waals surface area (Å²) < 4.78 is 7.22. The fourth-order valence-electron chi connectivity index (χ4n) is 2.53. The molecule has 0 aromatic carbocycles. The summed E-state index contributed by atoms with van der Waals surface area (Å²) >= 11 is 0. The van der Waals surface area contributed by atoms with E-state index in [-0.39, 0.29) is 0 Å². The number of hydrogen-bond acceptors (Lipinski definition) is 4. The molecule has 6 heteroatoms. The minimum absolute atomic E-state index is 0.367. The van der Waals surface area contributed by atoms with E-state index in [9.17, 15) is 9.59 Å². The highest BCUT2D eigenvalue weighted by Gasteiger charge is 2.20. The Kier molecular flexibility index (Phi) is 9.24. The molecule has 1 aromatic heterocycles. The molecule has 1 aromatic rings. The lowest BCUT2D eigenvalue weighted by atomic mass is 10.1. The van der Waals surface area contributed by atoms with Crippen LogP contribution in [0.5, 0.6) is 0 Å². The largest absolute Gasteiger partial charge is 0.444 e. The molecule has 1 N–H and O–H groups in total. The van der Waals surface area contributed by atoms with E-state index in [0.29, 0.717) is 6.42 Å². The summed E-state index contributed by atoms with van der Waals surface area (Å²) in [6, 6.07) is -0.632. The van der Waals surface area contributed by atoms with Crippen molar-refractivity contribution >= 4 is 12.4 Å². The Labute approximate surface area is 151 Å². The minimum Gasteiger partial charge on any atom is -0.444 e. The smallest absolute Gasteiger partial charge is 0.408 e. The molecule has 25 heavy (non-hydrogen) atoms. The number of aldehydes is 1. The molecule has 1 atom stereocenters. The van der Waals surface area contributed by atoms with Gasteiger partial charge in [0.15, 0.2) is 0 Å². The van der Waals surface area contributed by atoms with E-state index < -0.39 is 17.7 Å². The highest BCUT2D eigenvalue weighted by Crippen LogP contribution is 2.09. The number of alkyl carbamates (subject to hydrolysis) is 1. The number of aryl methyl sites for hydroxylation is 1. The number of rotatable bonds is 11. The molecule has 6 nitrogen and oxygen atoms in total. The number of ether oxygens (including phenoxy) is 1. The van der Waals surface area contributed by atoms with Gasteiger partial charge >= 0.3 is 6.09 Å². The monoisotopic (exact) mass is 351 g/mol. The van der Waals surface area contributed by atoms with Crippen LogP contribution >= 0.6 is 0 Å². The van der Waals surface area contributed by atoms with E-state index in [4.69, 9.17) is 4.74 Å². The van der Waals surface area contributed by atoms with Gasteiger partial charge in [0.25, 0.3) is 0 Å². The lowest BCUT2D eigenvalue weighted by molar-refractivity contribution is -0.109. The number of imidazole rings is 1. The van der Waals surface area contributed by atoms with Crippen LogP contribution < -0.4 is 5.32 Å². The Morgan fingerprint density at radius 2 is 1.96 bits per heavy atom. The number of hydrogen-bond donors (Lipinski definition) is 1. The van der Waals surface area contributed by atoms with Crippen molar-refractivity contribution in [3.8, 4) is 0 Å². The fraction of sp³-hybridized carbons (Fsp3) is 0.737. The van der Waals surface area contributed by atoms with E-state index in [1.807, 2.05) is 10.8 Å². The van der Waals surface area contributed by atoms with Gasteiger partial charge in [0, 0.05) is 19.2 Å². The quantitative estimate of drug-likeness (QED) is 0.485. The van der Waals surface area contributed by atoms with Crippen molar-refractivity contribution in [1.82, 2.24) is 14.9 Å². The molecular weight excluding hydrogens is 318 g/mol. The number of amides is 1. The van der Waals surface area contributed by atoms with Crippen molar-refractivity contribution in [2.45, 2.75) is 90.8 Å². The van der Waals surface area contributed by atoms with Crippen molar-refractivity contribution in [3.63, 3.8) is 0 Å². The van der Waals surface area contributed by atoms with Crippen LogP contribution in [0.4, 0.5) is 4.79 Å². The Hall–Kier alpha value is -1.85. The third kappa shape index (κ3) is 9.89. The molecule has 142 valence electrons. The summed E-state index contributed by atoms with van der Waals surface area (Å²) in [6.45, 7) is 8.51. The Morgan fingerprint density at radius 3 is 2.60 bits per heavy atom. The van der Waals surface area contributed by atoms with Gasteiger partial charge in [-0.2, -0.15) is 0 Å². The van der Waals surface area contributed by atoms with Crippen LogP contribution in [0.15, 0.2) is 12.5 Å². The molecule has 1 amide bonds. The first kappa shape index (κ1) is 21.2. The van der Waals surface area contributed by atoms with Crippen molar-refractivity contribution < 1.29 is 14.3 Å². The summed E-state index contributed by atoms with van der Waals surface area (Å²) in [5, 5.41) is 2.57. The standard InChI is InChI=1S/C19H33N3O3/c1-5-6-7-8-9-10-11-22-13-16(20-15-22)12-17(14-23)21-18(24)25-19(2,3)4/h13-15,17H,5-12H2,1-4H3,(H,21,24). The van der Waals surface area contributed by atoms with E-state index in [2.05, 4.69) is 17.2 Å². The van der Waals surface area contributed by atoms with Gasteiger partial charge in [-0.05, 0) is 27.2 Å². The van der Waals surface area contributed by atoms with E-state index in [1.54, 1.807) is 27.1 Å². The minimum atomic E-state index is -0.632. The zero-order chi connectivity index (χ0) is 18.7. The zero-order valence-electron chi connectivity index (χ0n) is 16.1. The van der Waals surface area contributed by atoms with Gasteiger partial charge in [-0.3, -0.25) is 0 Å². The van der Waals surface area contributed by atoms with Crippen LogP contribution in [0.3, 0.4) is 0 Å². The normalized spacial score (nSPS) is 12.6. The van der Waals surface area contributed by atoms with Crippen LogP contribution in [0.1, 0.15) is 71.9 Å². The Bertz CT molecular complexity index is 520. The van der Waals surface area contributed by atoms with Crippen LogP contribution in [0.2, 0.25) is 0 Å². The Morgan fingerprint density at radius 1 is 1.28 bits per heavy atom. The molecule has 0 fully saturated rings. The van der Waals surface area contributed by atoms with E-state index in [1.165, 1.54) is 32.1 Å². The highest BCUT2D eigenvalue weighted by molar-refractivity contribution is 5.73. The summed E-state index contributed by atoms with van der Waals surface area (Å²) in [5.74, 6) is 0. The molecule has 0 bridgehead atoms. The van der Waals surface area contributed by atoms with E-state index in [0.717, 1.165) is 24.9 Å². The summed E-state index contributed by atoms with van der Waals surface area (Å²) in [5.41, 5.74) is 0.204. The van der Waals surface area contributed by atoms with Crippen LogP contribution in [0, 0.1) is 0 Å². The lowest BCUT2D eigenvalue weighted by Gasteiger charge is -2.21. The summed E-state index contributed by atoms with van der Waals surface area (Å²) in [6.07, 6.45) is 11.8. The van der Waals surface area contributed by atoms with Crippen molar-refractivity contribution in [2.75, 3.05) is 0 Å². The number of carbonyl (C=O) groups excluding carboxylic acids is 2. The van der Waals surface area contributed by atoms with Crippen LogP contribution in [0.25, 0.3) is 0 Å². The molecule has 0 aliphatic heterocycles. The first-order valence-corrected chi connectivity index (χ1v) is 9.29. The average molecular weight is 351 g/mol. The number of unbranched alkanes of at least 4 members (excludes halogenated alkanes) is 5. The molecule has 0 aliphatic rings. The van der Waals surface area contributed by atoms with Crippen LogP contribution in [-0.4, -0.2) is 33.6 Å². The molecular formula is C19H33N3O3. The lowest BCUT2D eigenvalue weighted by Crippen LogP contribution is -2.41. The first-order valence-electron chi connectivity index (χ1n) is 9.29. The number of carbonyl (C=O) groups is 2. The molecule has 0 saturated heterocycles. The van der Waals surface area contributed by atoms with Crippen molar-refractivity contribution in [3.05, 3.63) is 18.2 Å². The van der Waals surface area contributed by atoms with Gasteiger partial charge in [0.1, 0.15) is 11.9 Å². The maximum atomic E-state index is 11.8. The maximum absolute atomic E-state index is 11.8. The van der Waals surface area contributed by atoms with Crippen molar-refractivity contribution in [1.29, 1.82) is 0 Å². The fourth-order valence-corrected chi connectivity index (χ4v) is 2.53. The third-order valence-corrected chi connectivity index (χ3v) is 3.75. The zero-order valence-corrected chi connectivity index (χ0v) is 16.1. The number of aromatic nitrogens is 2. The van der Waals surface area contributed by atoms with Crippen molar-refractivity contribution in [2.24, 2.45) is 0 Å². The molecule has 0 saturated carbocycles. The summed E-state index contributed by atoms with van der Waals surface area (Å²) in [7, 11) is 0. The highest BCUT2D eigenvalue weighted by atomic mass is 16.6. The Balaban J connectivity index is 2.36. The van der Waals surface area contributed by atoms with Crippen LogP contribution in [-0.2, 0) is 22.5 Å². The molecule has 1 rings (SSSR count). The second-order valence-electron chi connectivity index (χ2n) is 7.46. The molecule has 0 radical (unpaired) electrons. The molecule has 0 spiro atoms. The second-order valence-corrected chi connectivity index (χ2v) is 7.46. The molecule has 1 heterocycles. The molecule has 0 aliphatic carbocycles. The number of nitrogens with zero attached hydrogens (tertiary/aromatic N) is 2. The van der Waals surface area contributed by atoms with Gasteiger partial charge < -0.3 is 19.4 Å². The predicted octanol–water partition coefficient (Wildman–Crippen LogP) is 3.88. The predicted molar refractivity (Wildman–Crippen MR) is 98.5 cm³/mol. The third-order valence-electron chi connectivity index (χ3n) is 3.75. The van der Waals surface area contributed by atoms with Gasteiger partial charge in [-0.1, -0.05) is 39.0 Å². The number of nitrogens with one attached hydrogen (secondary N) is 1. The molecule has 1 unspecified atom stereocenters. The van der Waals surface area contributed by atoms with Gasteiger partial charge in [-0.25, -0.2) is 9.78 Å². The topological polar surface area (TPSA) is 73.2 Å².